The summed E-state index contributed by atoms with van der Waals surface area (Å²) < 4.78 is 7.78. The van der Waals surface area contributed by atoms with E-state index in [1.165, 1.54) is 5.56 Å². The summed E-state index contributed by atoms with van der Waals surface area (Å²) in [5.41, 5.74) is 1.20. The van der Waals surface area contributed by atoms with Gasteiger partial charge in [-0.2, -0.15) is 0 Å². The second-order valence-electron chi connectivity index (χ2n) is 5.65. The van der Waals surface area contributed by atoms with Crippen LogP contribution in [0.25, 0.3) is 0 Å². The number of aryl methyl sites for hydroxylation is 2. The highest BCUT2D eigenvalue weighted by Gasteiger charge is 2.01. The topological polar surface area (TPSA) is 76.4 Å². The monoisotopic (exact) mass is 344 g/mol. The van der Waals surface area contributed by atoms with Crippen LogP contribution in [0.3, 0.4) is 0 Å². The number of nitrogens with one attached hydrogen (secondary N) is 2. The Labute approximate surface area is 149 Å². The smallest absolute Gasteiger partial charge is 0.191 e. The van der Waals surface area contributed by atoms with Gasteiger partial charge in [0.25, 0.3) is 0 Å². The summed E-state index contributed by atoms with van der Waals surface area (Å²) in [5.74, 6) is 2.67. The zero-order chi connectivity index (χ0) is 17.9. The second-order valence-corrected chi connectivity index (χ2v) is 5.65. The predicted molar refractivity (Wildman–Crippen MR) is 100 cm³/mol. The molecule has 0 fully saturated rings. The third-order valence-electron chi connectivity index (χ3n) is 3.62. The van der Waals surface area contributed by atoms with Gasteiger partial charge in [-0.15, -0.1) is 10.2 Å². The number of hydrogen-bond donors (Lipinski definition) is 2. The average Bonchev–Trinajstić information content (AvgIpc) is 3.06. The van der Waals surface area contributed by atoms with Crippen LogP contribution in [0.2, 0.25) is 0 Å². The molecule has 0 amide bonds. The Morgan fingerprint density at radius 2 is 2.16 bits per heavy atom. The molecule has 0 aliphatic carbocycles. The molecule has 0 saturated carbocycles. The minimum atomic E-state index is 0.583. The van der Waals surface area contributed by atoms with Gasteiger partial charge >= 0.3 is 0 Å². The summed E-state index contributed by atoms with van der Waals surface area (Å²) in [6.45, 7) is 9.70. The highest BCUT2D eigenvalue weighted by Crippen LogP contribution is 2.11. The van der Waals surface area contributed by atoms with Crippen molar-refractivity contribution < 1.29 is 4.74 Å². The van der Waals surface area contributed by atoms with Crippen molar-refractivity contribution in [1.82, 2.24) is 25.4 Å². The molecule has 0 aliphatic heterocycles. The van der Waals surface area contributed by atoms with E-state index < -0.39 is 0 Å². The van der Waals surface area contributed by atoms with Crippen molar-refractivity contribution in [3.63, 3.8) is 0 Å². The van der Waals surface area contributed by atoms with Gasteiger partial charge in [0.15, 0.2) is 5.96 Å². The first-order chi connectivity index (χ1) is 12.2. The van der Waals surface area contributed by atoms with E-state index in [4.69, 9.17) is 4.74 Å². The minimum Gasteiger partial charge on any atom is -0.492 e. The molecule has 25 heavy (non-hydrogen) atoms. The van der Waals surface area contributed by atoms with E-state index in [-0.39, 0.29) is 0 Å². The van der Waals surface area contributed by atoms with E-state index in [9.17, 15) is 0 Å². The third kappa shape index (κ3) is 6.45. The van der Waals surface area contributed by atoms with Crippen molar-refractivity contribution in [2.75, 3.05) is 26.2 Å². The molecule has 2 rings (SSSR count). The minimum absolute atomic E-state index is 0.583. The molecule has 2 N–H and O–H groups in total. The first kappa shape index (κ1) is 18.8. The molecule has 0 spiro atoms. The Hall–Kier alpha value is -2.57. The number of aromatic nitrogens is 3. The second kappa shape index (κ2) is 10.3. The summed E-state index contributed by atoms with van der Waals surface area (Å²) in [5, 5.41) is 14.6. The lowest BCUT2D eigenvalue weighted by atomic mass is 10.2. The fourth-order valence-electron chi connectivity index (χ4n) is 2.39. The highest BCUT2D eigenvalue weighted by atomic mass is 16.5. The van der Waals surface area contributed by atoms with E-state index in [1.807, 2.05) is 22.8 Å². The number of guanidine groups is 1. The Morgan fingerprint density at radius 3 is 2.92 bits per heavy atom. The number of ether oxygens (including phenoxy) is 1. The summed E-state index contributed by atoms with van der Waals surface area (Å²) in [6, 6.07) is 8.06. The molecule has 7 heteroatoms. The van der Waals surface area contributed by atoms with Gasteiger partial charge in [-0.3, -0.25) is 4.99 Å². The van der Waals surface area contributed by atoms with Crippen molar-refractivity contribution >= 4 is 5.96 Å². The number of rotatable bonds is 9. The largest absolute Gasteiger partial charge is 0.492 e. The molecule has 0 unspecified atom stereocenters. The molecule has 1 aromatic heterocycles. The van der Waals surface area contributed by atoms with Crippen LogP contribution in [-0.2, 0) is 13.0 Å². The van der Waals surface area contributed by atoms with E-state index in [0.717, 1.165) is 37.0 Å². The molecular weight excluding hydrogens is 316 g/mol. The van der Waals surface area contributed by atoms with Gasteiger partial charge < -0.3 is 19.9 Å². The van der Waals surface area contributed by atoms with Crippen LogP contribution in [0.5, 0.6) is 5.75 Å². The van der Waals surface area contributed by atoms with Crippen molar-refractivity contribution in [2.45, 2.75) is 33.7 Å². The Morgan fingerprint density at radius 1 is 1.28 bits per heavy atom. The van der Waals surface area contributed by atoms with Gasteiger partial charge in [-0.05, 0) is 31.5 Å². The van der Waals surface area contributed by atoms with Crippen LogP contribution in [0, 0.1) is 6.92 Å². The quantitative estimate of drug-likeness (QED) is 0.412. The molecule has 0 atom stereocenters. The zero-order valence-corrected chi connectivity index (χ0v) is 15.3. The molecule has 0 saturated heterocycles. The zero-order valence-electron chi connectivity index (χ0n) is 15.3. The lowest BCUT2D eigenvalue weighted by Gasteiger charge is -2.12. The van der Waals surface area contributed by atoms with Crippen LogP contribution >= 0.6 is 0 Å². The van der Waals surface area contributed by atoms with E-state index >= 15 is 0 Å². The molecule has 2 aromatic rings. The van der Waals surface area contributed by atoms with Crippen LogP contribution < -0.4 is 15.4 Å². The van der Waals surface area contributed by atoms with E-state index in [2.05, 4.69) is 52.7 Å². The SMILES string of the molecule is CCNC(=NCCn1cnnc1CC)NCCOc1cccc(C)c1. The fourth-order valence-corrected chi connectivity index (χ4v) is 2.39. The highest BCUT2D eigenvalue weighted by molar-refractivity contribution is 5.79. The number of hydrogen-bond acceptors (Lipinski definition) is 4. The van der Waals surface area contributed by atoms with Crippen molar-refractivity contribution in [2.24, 2.45) is 4.99 Å². The maximum Gasteiger partial charge on any atom is 0.191 e. The van der Waals surface area contributed by atoms with E-state index in [0.29, 0.717) is 19.7 Å². The van der Waals surface area contributed by atoms with Gasteiger partial charge in [-0.25, -0.2) is 0 Å². The van der Waals surface area contributed by atoms with Crippen LogP contribution in [-0.4, -0.2) is 47.0 Å². The maximum atomic E-state index is 5.74. The molecule has 7 nitrogen and oxygen atoms in total. The summed E-state index contributed by atoms with van der Waals surface area (Å²) in [7, 11) is 0. The lowest BCUT2D eigenvalue weighted by molar-refractivity contribution is 0.321. The van der Waals surface area contributed by atoms with Gasteiger partial charge in [0.1, 0.15) is 24.5 Å². The van der Waals surface area contributed by atoms with Crippen LogP contribution in [0.15, 0.2) is 35.6 Å². The lowest BCUT2D eigenvalue weighted by Crippen LogP contribution is -2.39. The van der Waals surface area contributed by atoms with Crippen molar-refractivity contribution in [3.05, 3.63) is 42.0 Å². The molecular formula is C18H28N6O. The fraction of sp³-hybridized carbons (Fsp3) is 0.500. The third-order valence-corrected chi connectivity index (χ3v) is 3.62. The van der Waals surface area contributed by atoms with Crippen LogP contribution in [0.4, 0.5) is 0 Å². The Balaban J connectivity index is 1.75. The number of nitrogens with zero attached hydrogens (tertiary/aromatic N) is 4. The normalized spacial score (nSPS) is 11.4. The van der Waals surface area contributed by atoms with Crippen molar-refractivity contribution in [3.8, 4) is 5.75 Å². The summed E-state index contributed by atoms with van der Waals surface area (Å²) >= 11 is 0. The average molecular weight is 344 g/mol. The van der Waals surface area contributed by atoms with Crippen molar-refractivity contribution in [1.29, 1.82) is 0 Å². The Bertz CT molecular complexity index is 667. The predicted octanol–water partition coefficient (Wildman–Crippen LogP) is 1.78. The standard InChI is InChI=1S/C18H28N6O/c1-4-17-23-22-14-24(17)11-9-20-18(19-5-2)21-10-12-25-16-8-6-7-15(3)13-16/h6-8,13-14H,4-5,9-12H2,1-3H3,(H2,19,20,21). The van der Waals surface area contributed by atoms with Gasteiger partial charge in [0, 0.05) is 19.5 Å². The Kier molecular flexibility index (Phi) is 7.75. The van der Waals surface area contributed by atoms with E-state index in [1.54, 1.807) is 6.33 Å². The summed E-state index contributed by atoms with van der Waals surface area (Å²) in [6.07, 6.45) is 2.63. The van der Waals surface area contributed by atoms with Crippen LogP contribution in [0.1, 0.15) is 25.2 Å². The maximum absolute atomic E-state index is 5.74. The number of aliphatic imine (C=N–C) groups is 1. The molecule has 1 aromatic carbocycles. The first-order valence-corrected chi connectivity index (χ1v) is 8.81. The molecule has 0 aliphatic rings. The van der Waals surface area contributed by atoms with Gasteiger partial charge in [0.05, 0.1) is 13.1 Å². The molecule has 0 radical (unpaired) electrons. The van der Waals surface area contributed by atoms with Gasteiger partial charge in [0.2, 0.25) is 0 Å². The molecule has 136 valence electrons. The first-order valence-electron chi connectivity index (χ1n) is 8.81. The summed E-state index contributed by atoms with van der Waals surface area (Å²) in [4.78, 5) is 4.58. The van der Waals surface area contributed by atoms with Gasteiger partial charge in [-0.1, -0.05) is 19.1 Å². The number of benzene rings is 1. The molecule has 0 bridgehead atoms. The molecule has 1 heterocycles.